The number of aromatic nitrogens is 4. The van der Waals surface area contributed by atoms with Crippen molar-refractivity contribution < 1.29 is 4.79 Å². The van der Waals surface area contributed by atoms with E-state index in [4.69, 9.17) is 11.6 Å². The quantitative estimate of drug-likeness (QED) is 0.744. The zero-order valence-corrected chi connectivity index (χ0v) is 16.1. The fourth-order valence-corrected chi connectivity index (χ4v) is 3.07. The van der Waals surface area contributed by atoms with Gasteiger partial charge in [0.05, 0.1) is 34.3 Å². The second-order valence-electron chi connectivity index (χ2n) is 6.50. The van der Waals surface area contributed by atoms with Crippen LogP contribution >= 0.6 is 11.6 Å². The molecule has 0 bridgehead atoms. The van der Waals surface area contributed by atoms with Crippen LogP contribution < -0.4 is 5.32 Å². The number of nitrogens with zero attached hydrogens (tertiary/aromatic N) is 4. The van der Waals surface area contributed by atoms with Gasteiger partial charge in [-0.2, -0.15) is 10.2 Å². The molecule has 0 saturated heterocycles. The predicted molar refractivity (Wildman–Crippen MR) is 103 cm³/mol. The van der Waals surface area contributed by atoms with Gasteiger partial charge in [0.2, 0.25) is 5.91 Å². The van der Waals surface area contributed by atoms with Gasteiger partial charge in [-0.25, -0.2) is 0 Å². The summed E-state index contributed by atoms with van der Waals surface area (Å²) in [5.41, 5.74) is 5.56. The molecular formula is C19H22ClN5O. The fraction of sp³-hybridized carbons (Fsp3) is 0.316. The first-order valence-corrected chi connectivity index (χ1v) is 8.80. The number of hydrogen-bond acceptors (Lipinski definition) is 3. The summed E-state index contributed by atoms with van der Waals surface area (Å²) in [6.07, 6.45) is 1.65. The van der Waals surface area contributed by atoms with Crippen LogP contribution in [0.25, 0.3) is 0 Å². The van der Waals surface area contributed by atoms with Gasteiger partial charge in [-0.3, -0.25) is 14.2 Å². The second-order valence-corrected chi connectivity index (χ2v) is 6.91. The molecule has 1 N–H and O–H groups in total. The van der Waals surface area contributed by atoms with E-state index in [0.29, 0.717) is 17.3 Å². The zero-order chi connectivity index (χ0) is 18.8. The SMILES string of the molecule is Cc1cccc(Cn2nc(C)c(NC(=O)Cn3cc(Cl)c(C)n3)c2C)c1. The standard InChI is InChI=1S/C19H22ClN5O/c1-12-6-5-7-16(8-12)9-25-15(4)19(14(3)23-25)21-18(26)11-24-10-17(20)13(2)22-24/h5-8,10H,9,11H2,1-4H3,(H,21,26). The number of carbonyl (C=O) groups excluding carboxylic acids is 1. The Kier molecular flexibility index (Phi) is 5.13. The van der Waals surface area contributed by atoms with E-state index in [1.54, 1.807) is 13.1 Å². The average Bonchev–Trinajstić information content (AvgIpc) is 3.01. The maximum atomic E-state index is 12.4. The number of halogens is 1. The Morgan fingerprint density at radius 1 is 1.15 bits per heavy atom. The second kappa shape index (κ2) is 7.33. The molecule has 1 amide bonds. The van der Waals surface area contributed by atoms with E-state index in [9.17, 15) is 4.79 Å². The highest BCUT2D eigenvalue weighted by Gasteiger charge is 2.15. The normalized spacial score (nSPS) is 11.0. The molecular weight excluding hydrogens is 350 g/mol. The monoisotopic (exact) mass is 371 g/mol. The first kappa shape index (κ1) is 18.2. The van der Waals surface area contributed by atoms with Crippen molar-refractivity contribution in [2.75, 3.05) is 5.32 Å². The van der Waals surface area contributed by atoms with Crippen molar-refractivity contribution in [3.8, 4) is 0 Å². The Labute approximate surface area is 157 Å². The van der Waals surface area contributed by atoms with Gasteiger partial charge in [0.15, 0.2) is 0 Å². The van der Waals surface area contributed by atoms with Crippen LogP contribution in [-0.2, 0) is 17.9 Å². The molecule has 2 heterocycles. The summed E-state index contributed by atoms with van der Waals surface area (Å²) in [6.45, 7) is 8.50. The van der Waals surface area contributed by atoms with Gasteiger partial charge in [0.25, 0.3) is 0 Å². The summed E-state index contributed by atoms with van der Waals surface area (Å²) in [7, 11) is 0. The van der Waals surface area contributed by atoms with Gasteiger partial charge in [0, 0.05) is 6.20 Å². The third-order valence-electron chi connectivity index (χ3n) is 4.25. The number of rotatable bonds is 5. The topological polar surface area (TPSA) is 64.7 Å². The highest BCUT2D eigenvalue weighted by Crippen LogP contribution is 2.21. The number of anilines is 1. The molecule has 1 aromatic carbocycles. The highest BCUT2D eigenvalue weighted by molar-refractivity contribution is 6.31. The van der Waals surface area contributed by atoms with Gasteiger partial charge in [0.1, 0.15) is 6.54 Å². The van der Waals surface area contributed by atoms with Crippen molar-refractivity contribution in [3.05, 3.63) is 63.7 Å². The molecule has 0 radical (unpaired) electrons. The van der Waals surface area contributed by atoms with Gasteiger partial charge < -0.3 is 5.32 Å². The van der Waals surface area contributed by atoms with Crippen LogP contribution in [0.4, 0.5) is 5.69 Å². The van der Waals surface area contributed by atoms with Crippen molar-refractivity contribution in [3.63, 3.8) is 0 Å². The molecule has 0 spiro atoms. The third kappa shape index (κ3) is 3.96. The molecule has 0 aliphatic heterocycles. The summed E-state index contributed by atoms with van der Waals surface area (Å²) in [6, 6.07) is 8.32. The maximum absolute atomic E-state index is 12.4. The molecule has 7 heteroatoms. The van der Waals surface area contributed by atoms with E-state index in [2.05, 4.69) is 40.6 Å². The van der Waals surface area contributed by atoms with Crippen LogP contribution in [0.5, 0.6) is 0 Å². The van der Waals surface area contributed by atoms with Crippen molar-refractivity contribution in [1.82, 2.24) is 19.6 Å². The molecule has 0 aliphatic carbocycles. The molecule has 0 aliphatic rings. The van der Waals surface area contributed by atoms with Crippen LogP contribution in [0.1, 0.15) is 28.2 Å². The zero-order valence-electron chi connectivity index (χ0n) is 15.4. The Morgan fingerprint density at radius 3 is 2.58 bits per heavy atom. The Bertz CT molecular complexity index is 937. The number of hydrogen-bond donors (Lipinski definition) is 1. The lowest BCUT2D eigenvalue weighted by molar-refractivity contribution is -0.116. The summed E-state index contributed by atoms with van der Waals surface area (Å²) in [5.74, 6) is -0.162. The summed E-state index contributed by atoms with van der Waals surface area (Å²) in [5, 5.41) is 12.3. The van der Waals surface area contributed by atoms with E-state index in [1.165, 1.54) is 15.8 Å². The van der Waals surface area contributed by atoms with Crippen LogP contribution in [-0.4, -0.2) is 25.5 Å². The summed E-state index contributed by atoms with van der Waals surface area (Å²) in [4.78, 5) is 12.4. The number of aryl methyl sites for hydroxylation is 3. The van der Waals surface area contributed by atoms with E-state index >= 15 is 0 Å². The van der Waals surface area contributed by atoms with E-state index in [1.807, 2.05) is 24.6 Å². The van der Waals surface area contributed by atoms with E-state index in [0.717, 1.165) is 17.1 Å². The lowest BCUT2D eigenvalue weighted by Crippen LogP contribution is -2.20. The molecule has 0 unspecified atom stereocenters. The van der Waals surface area contributed by atoms with Gasteiger partial charge >= 0.3 is 0 Å². The van der Waals surface area contributed by atoms with Crippen molar-refractivity contribution >= 4 is 23.2 Å². The smallest absolute Gasteiger partial charge is 0.246 e. The molecule has 136 valence electrons. The Morgan fingerprint density at radius 2 is 1.92 bits per heavy atom. The minimum absolute atomic E-state index is 0.107. The first-order chi connectivity index (χ1) is 12.3. The fourth-order valence-electron chi connectivity index (χ4n) is 2.92. The van der Waals surface area contributed by atoms with Gasteiger partial charge in [-0.15, -0.1) is 0 Å². The van der Waals surface area contributed by atoms with Gasteiger partial charge in [-0.1, -0.05) is 41.4 Å². The minimum atomic E-state index is -0.162. The number of benzene rings is 1. The van der Waals surface area contributed by atoms with Gasteiger partial charge in [-0.05, 0) is 33.3 Å². The van der Waals surface area contributed by atoms with E-state index < -0.39 is 0 Å². The number of amides is 1. The lowest BCUT2D eigenvalue weighted by Gasteiger charge is -2.08. The van der Waals surface area contributed by atoms with E-state index in [-0.39, 0.29) is 12.5 Å². The van der Waals surface area contributed by atoms with Crippen molar-refractivity contribution in [2.24, 2.45) is 0 Å². The van der Waals surface area contributed by atoms with Crippen molar-refractivity contribution in [1.29, 1.82) is 0 Å². The Hall–Kier alpha value is -2.60. The summed E-state index contributed by atoms with van der Waals surface area (Å²) < 4.78 is 3.45. The van der Waals surface area contributed by atoms with Crippen LogP contribution in [0.2, 0.25) is 5.02 Å². The Balaban J connectivity index is 1.74. The maximum Gasteiger partial charge on any atom is 0.246 e. The molecule has 0 saturated carbocycles. The highest BCUT2D eigenvalue weighted by atomic mass is 35.5. The molecule has 26 heavy (non-hydrogen) atoms. The number of nitrogens with one attached hydrogen (secondary N) is 1. The molecule has 2 aromatic heterocycles. The average molecular weight is 372 g/mol. The molecule has 6 nitrogen and oxygen atoms in total. The van der Waals surface area contributed by atoms with Crippen LogP contribution in [0.3, 0.4) is 0 Å². The predicted octanol–water partition coefficient (Wildman–Crippen LogP) is 3.65. The minimum Gasteiger partial charge on any atom is -0.321 e. The third-order valence-corrected chi connectivity index (χ3v) is 4.62. The lowest BCUT2D eigenvalue weighted by atomic mass is 10.1. The van der Waals surface area contributed by atoms with Crippen LogP contribution in [0.15, 0.2) is 30.5 Å². The molecule has 0 atom stereocenters. The first-order valence-electron chi connectivity index (χ1n) is 8.42. The van der Waals surface area contributed by atoms with Crippen molar-refractivity contribution in [2.45, 2.75) is 40.8 Å². The number of carbonyl (C=O) groups is 1. The largest absolute Gasteiger partial charge is 0.321 e. The molecule has 0 fully saturated rings. The van der Waals surface area contributed by atoms with Crippen LogP contribution in [0, 0.1) is 27.7 Å². The molecule has 3 rings (SSSR count). The summed E-state index contributed by atoms with van der Waals surface area (Å²) >= 11 is 5.99. The molecule has 3 aromatic rings.